The van der Waals surface area contributed by atoms with Crippen molar-refractivity contribution in [3.05, 3.63) is 0 Å². The zero-order chi connectivity index (χ0) is 9.57. The van der Waals surface area contributed by atoms with Gasteiger partial charge in [-0.2, -0.15) is 0 Å². The molecular weight excluding hydrogens is 160 g/mol. The van der Waals surface area contributed by atoms with Gasteiger partial charge in [-0.1, -0.05) is 12.8 Å². The zero-order valence-electron chi connectivity index (χ0n) is 8.94. The maximum absolute atomic E-state index is 5.43. The fourth-order valence-electron chi connectivity index (χ4n) is 1.90. The van der Waals surface area contributed by atoms with Crippen molar-refractivity contribution in [3.8, 4) is 0 Å². The molecular formula is C11H24N2. The van der Waals surface area contributed by atoms with E-state index in [1.165, 1.54) is 51.5 Å². The Balaban J connectivity index is 1.83. The van der Waals surface area contributed by atoms with E-state index in [1.807, 2.05) is 0 Å². The van der Waals surface area contributed by atoms with Crippen LogP contribution in [0.15, 0.2) is 0 Å². The minimum absolute atomic E-state index is 0.494. The summed E-state index contributed by atoms with van der Waals surface area (Å²) in [6, 6.07) is 0. The first-order valence-electron chi connectivity index (χ1n) is 5.72. The molecule has 1 fully saturated rings. The highest BCUT2D eigenvalue weighted by Crippen LogP contribution is 2.30. The number of unbranched alkanes of at least 4 members (excludes halogenated alkanes) is 3. The lowest BCUT2D eigenvalue weighted by Gasteiger charge is -2.39. The SMILES string of the molecule is CC1(NCCCCCCN)CCC1. The Hall–Kier alpha value is -0.0800. The van der Waals surface area contributed by atoms with Crippen LogP contribution < -0.4 is 11.1 Å². The summed E-state index contributed by atoms with van der Waals surface area (Å²) in [4.78, 5) is 0. The standard InChI is InChI=1S/C11H24N2/c1-11(7-6-8-11)13-10-5-3-2-4-9-12/h13H,2-10,12H2,1H3. The lowest BCUT2D eigenvalue weighted by atomic mass is 9.78. The van der Waals surface area contributed by atoms with E-state index < -0.39 is 0 Å². The summed E-state index contributed by atoms with van der Waals surface area (Å²) < 4.78 is 0. The van der Waals surface area contributed by atoms with Gasteiger partial charge in [0, 0.05) is 5.54 Å². The Kier molecular flexibility index (Phi) is 4.74. The number of nitrogens with two attached hydrogens (primary N) is 1. The van der Waals surface area contributed by atoms with Crippen LogP contribution in [0.1, 0.15) is 51.9 Å². The Bertz CT molecular complexity index is 130. The Labute approximate surface area is 82.3 Å². The molecule has 3 N–H and O–H groups in total. The van der Waals surface area contributed by atoms with Crippen molar-refractivity contribution in [1.82, 2.24) is 5.32 Å². The summed E-state index contributed by atoms with van der Waals surface area (Å²) in [6.07, 6.45) is 9.30. The highest BCUT2D eigenvalue weighted by Gasteiger charge is 2.30. The van der Waals surface area contributed by atoms with Crippen LogP contribution >= 0.6 is 0 Å². The molecule has 0 atom stereocenters. The molecule has 78 valence electrons. The molecule has 0 amide bonds. The minimum Gasteiger partial charge on any atom is -0.330 e. The molecule has 0 bridgehead atoms. The van der Waals surface area contributed by atoms with Crippen molar-refractivity contribution >= 4 is 0 Å². The van der Waals surface area contributed by atoms with Gasteiger partial charge < -0.3 is 11.1 Å². The average Bonchev–Trinajstić information content (AvgIpc) is 2.08. The number of rotatable bonds is 7. The maximum Gasteiger partial charge on any atom is 0.0153 e. The summed E-state index contributed by atoms with van der Waals surface area (Å²) in [5.41, 5.74) is 5.92. The predicted molar refractivity (Wildman–Crippen MR) is 57.8 cm³/mol. The fourth-order valence-corrected chi connectivity index (χ4v) is 1.90. The van der Waals surface area contributed by atoms with Gasteiger partial charge in [-0.3, -0.25) is 0 Å². The van der Waals surface area contributed by atoms with Gasteiger partial charge in [0.05, 0.1) is 0 Å². The second-order valence-corrected chi connectivity index (χ2v) is 4.54. The van der Waals surface area contributed by atoms with E-state index in [9.17, 15) is 0 Å². The van der Waals surface area contributed by atoms with Crippen molar-refractivity contribution < 1.29 is 0 Å². The molecule has 1 aliphatic carbocycles. The number of nitrogens with one attached hydrogen (secondary N) is 1. The zero-order valence-corrected chi connectivity index (χ0v) is 8.94. The van der Waals surface area contributed by atoms with Gasteiger partial charge in [0.15, 0.2) is 0 Å². The molecule has 0 spiro atoms. The fraction of sp³-hybridized carbons (Fsp3) is 1.00. The molecule has 2 nitrogen and oxygen atoms in total. The minimum atomic E-state index is 0.494. The first-order valence-corrected chi connectivity index (χ1v) is 5.72. The molecule has 0 aromatic rings. The summed E-state index contributed by atoms with van der Waals surface area (Å²) in [5.74, 6) is 0. The van der Waals surface area contributed by atoms with Gasteiger partial charge in [-0.15, -0.1) is 0 Å². The predicted octanol–water partition coefficient (Wildman–Crippen LogP) is 2.04. The van der Waals surface area contributed by atoms with Crippen LogP contribution in [0, 0.1) is 0 Å². The molecule has 0 heterocycles. The normalized spacial score (nSPS) is 19.8. The third kappa shape index (κ3) is 4.10. The lowest BCUT2D eigenvalue weighted by molar-refractivity contribution is 0.208. The van der Waals surface area contributed by atoms with Gasteiger partial charge in [0.1, 0.15) is 0 Å². The van der Waals surface area contributed by atoms with E-state index in [0.29, 0.717) is 5.54 Å². The molecule has 1 aliphatic rings. The highest BCUT2D eigenvalue weighted by atomic mass is 15.0. The molecule has 1 saturated carbocycles. The Morgan fingerprint density at radius 3 is 2.38 bits per heavy atom. The number of hydrogen-bond acceptors (Lipinski definition) is 2. The molecule has 13 heavy (non-hydrogen) atoms. The molecule has 2 heteroatoms. The smallest absolute Gasteiger partial charge is 0.0153 e. The van der Waals surface area contributed by atoms with Crippen LogP contribution in [0.5, 0.6) is 0 Å². The van der Waals surface area contributed by atoms with Crippen molar-refractivity contribution in [2.24, 2.45) is 5.73 Å². The lowest BCUT2D eigenvalue weighted by Crippen LogP contribution is -2.48. The Morgan fingerprint density at radius 2 is 1.85 bits per heavy atom. The van der Waals surface area contributed by atoms with E-state index >= 15 is 0 Å². The van der Waals surface area contributed by atoms with E-state index in [1.54, 1.807) is 0 Å². The van der Waals surface area contributed by atoms with Crippen LogP contribution in [0.4, 0.5) is 0 Å². The molecule has 0 aromatic heterocycles. The average molecular weight is 184 g/mol. The summed E-state index contributed by atoms with van der Waals surface area (Å²) in [7, 11) is 0. The largest absolute Gasteiger partial charge is 0.330 e. The highest BCUT2D eigenvalue weighted by molar-refractivity contribution is 4.91. The maximum atomic E-state index is 5.43. The topological polar surface area (TPSA) is 38.0 Å². The first-order chi connectivity index (χ1) is 6.27. The first kappa shape index (κ1) is 11.0. The molecule has 0 aliphatic heterocycles. The van der Waals surface area contributed by atoms with E-state index in [2.05, 4.69) is 12.2 Å². The molecule has 0 saturated heterocycles. The third-order valence-corrected chi connectivity index (χ3v) is 3.14. The summed E-state index contributed by atoms with van der Waals surface area (Å²) in [5, 5.41) is 3.64. The molecule has 0 aromatic carbocycles. The monoisotopic (exact) mass is 184 g/mol. The second kappa shape index (κ2) is 5.61. The molecule has 0 unspecified atom stereocenters. The van der Waals surface area contributed by atoms with Gasteiger partial charge in [-0.25, -0.2) is 0 Å². The van der Waals surface area contributed by atoms with E-state index in [4.69, 9.17) is 5.73 Å². The summed E-state index contributed by atoms with van der Waals surface area (Å²) in [6.45, 7) is 4.39. The van der Waals surface area contributed by atoms with Crippen LogP contribution in [0.3, 0.4) is 0 Å². The van der Waals surface area contributed by atoms with Crippen molar-refractivity contribution in [3.63, 3.8) is 0 Å². The quantitative estimate of drug-likeness (QED) is 0.594. The Morgan fingerprint density at radius 1 is 1.15 bits per heavy atom. The van der Waals surface area contributed by atoms with Crippen LogP contribution in [0.25, 0.3) is 0 Å². The van der Waals surface area contributed by atoms with Gasteiger partial charge >= 0.3 is 0 Å². The van der Waals surface area contributed by atoms with Gasteiger partial charge in [0.25, 0.3) is 0 Å². The second-order valence-electron chi connectivity index (χ2n) is 4.54. The molecule has 0 radical (unpaired) electrons. The van der Waals surface area contributed by atoms with Crippen LogP contribution in [-0.4, -0.2) is 18.6 Å². The van der Waals surface area contributed by atoms with Crippen molar-refractivity contribution in [1.29, 1.82) is 0 Å². The van der Waals surface area contributed by atoms with E-state index in [-0.39, 0.29) is 0 Å². The van der Waals surface area contributed by atoms with Crippen molar-refractivity contribution in [2.75, 3.05) is 13.1 Å². The van der Waals surface area contributed by atoms with E-state index in [0.717, 1.165) is 6.54 Å². The third-order valence-electron chi connectivity index (χ3n) is 3.14. The van der Waals surface area contributed by atoms with Gasteiger partial charge in [0.2, 0.25) is 0 Å². The number of hydrogen-bond donors (Lipinski definition) is 2. The van der Waals surface area contributed by atoms with Gasteiger partial charge in [-0.05, 0) is 52.1 Å². The molecule has 1 rings (SSSR count). The van der Waals surface area contributed by atoms with Crippen LogP contribution in [-0.2, 0) is 0 Å². The van der Waals surface area contributed by atoms with Crippen LogP contribution in [0.2, 0.25) is 0 Å². The van der Waals surface area contributed by atoms with Crippen molar-refractivity contribution in [2.45, 2.75) is 57.4 Å². The summed E-state index contributed by atoms with van der Waals surface area (Å²) >= 11 is 0.